The summed E-state index contributed by atoms with van der Waals surface area (Å²) >= 11 is 0. The quantitative estimate of drug-likeness (QED) is 0.811. The van der Waals surface area contributed by atoms with Crippen LogP contribution in [-0.2, 0) is 11.2 Å². The first kappa shape index (κ1) is 16.1. The molecule has 1 saturated carbocycles. The minimum absolute atomic E-state index is 0.167. The zero-order valence-corrected chi connectivity index (χ0v) is 14.3. The summed E-state index contributed by atoms with van der Waals surface area (Å²) in [5.74, 6) is 0.851. The van der Waals surface area contributed by atoms with Crippen LogP contribution in [0.3, 0.4) is 0 Å². The Labute approximate surface area is 138 Å². The van der Waals surface area contributed by atoms with Crippen molar-refractivity contribution in [2.24, 2.45) is 5.92 Å². The van der Waals surface area contributed by atoms with Crippen LogP contribution < -0.4 is 5.32 Å². The maximum Gasteiger partial charge on any atom is 0.224 e. The fourth-order valence-electron chi connectivity index (χ4n) is 3.92. The van der Waals surface area contributed by atoms with Crippen LogP contribution in [0.2, 0.25) is 0 Å². The van der Waals surface area contributed by atoms with E-state index in [1.54, 1.807) is 0 Å². The lowest BCUT2D eigenvalue weighted by Gasteiger charge is -2.20. The fraction of sp³-hybridized carbons (Fsp3) is 0.550. The first-order valence-electron chi connectivity index (χ1n) is 9.03. The number of fused-ring (bicyclic) bond motifs is 1. The molecular weight excluding hydrogens is 284 g/mol. The number of unbranched alkanes of at least 4 members (excludes halogenated alkanes) is 1. The number of carbonyl (C=O) groups excluding carboxylic acids is 1. The van der Waals surface area contributed by atoms with Crippen LogP contribution in [0.1, 0.15) is 56.6 Å². The second-order valence-corrected chi connectivity index (χ2v) is 7.05. The number of hydrogen-bond donors (Lipinski definition) is 2. The van der Waals surface area contributed by atoms with E-state index in [0.717, 1.165) is 17.5 Å². The van der Waals surface area contributed by atoms with Crippen LogP contribution in [0.5, 0.6) is 0 Å². The molecule has 3 rings (SSSR count). The Bertz CT molecular complexity index is 673. The molecule has 3 nitrogen and oxygen atoms in total. The molecule has 1 heterocycles. The molecule has 1 aromatic heterocycles. The van der Waals surface area contributed by atoms with Crippen molar-refractivity contribution in [1.29, 1.82) is 0 Å². The van der Waals surface area contributed by atoms with Gasteiger partial charge in [-0.3, -0.25) is 4.79 Å². The van der Waals surface area contributed by atoms with E-state index >= 15 is 0 Å². The van der Waals surface area contributed by atoms with Crippen LogP contribution >= 0.6 is 0 Å². The van der Waals surface area contributed by atoms with E-state index in [-0.39, 0.29) is 5.91 Å². The van der Waals surface area contributed by atoms with Crippen molar-refractivity contribution in [2.75, 3.05) is 0 Å². The van der Waals surface area contributed by atoms with Gasteiger partial charge in [0.05, 0.1) is 6.42 Å². The molecule has 2 unspecified atom stereocenters. The number of hydrogen-bond acceptors (Lipinski definition) is 1. The maximum atomic E-state index is 12.5. The van der Waals surface area contributed by atoms with Crippen molar-refractivity contribution in [3.8, 4) is 0 Å². The van der Waals surface area contributed by atoms with Crippen molar-refractivity contribution in [2.45, 2.75) is 64.8 Å². The molecule has 0 aliphatic heterocycles. The van der Waals surface area contributed by atoms with Gasteiger partial charge in [0.1, 0.15) is 0 Å². The van der Waals surface area contributed by atoms with E-state index in [0.29, 0.717) is 18.4 Å². The third kappa shape index (κ3) is 3.77. The molecule has 0 saturated heterocycles. The Morgan fingerprint density at radius 3 is 3.04 bits per heavy atom. The van der Waals surface area contributed by atoms with E-state index < -0.39 is 0 Å². The van der Waals surface area contributed by atoms with Gasteiger partial charge in [-0.25, -0.2) is 0 Å². The number of nitrogens with one attached hydrogen (secondary N) is 2. The summed E-state index contributed by atoms with van der Waals surface area (Å²) < 4.78 is 0. The third-order valence-electron chi connectivity index (χ3n) is 5.21. The van der Waals surface area contributed by atoms with Gasteiger partial charge in [0.15, 0.2) is 0 Å². The number of amides is 1. The predicted octanol–water partition coefficient (Wildman–Crippen LogP) is 4.49. The Morgan fingerprint density at radius 2 is 2.22 bits per heavy atom. The predicted molar refractivity (Wildman–Crippen MR) is 95.5 cm³/mol. The average Bonchev–Trinajstić information content (AvgIpc) is 3.12. The lowest BCUT2D eigenvalue weighted by molar-refractivity contribution is -0.121. The first-order valence-corrected chi connectivity index (χ1v) is 9.03. The van der Waals surface area contributed by atoms with Crippen LogP contribution in [-0.4, -0.2) is 16.9 Å². The molecule has 2 aromatic rings. The van der Waals surface area contributed by atoms with Gasteiger partial charge < -0.3 is 10.3 Å². The van der Waals surface area contributed by atoms with Gasteiger partial charge in [0, 0.05) is 23.1 Å². The van der Waals surface area contributed by atoms with E-state index in [1.807, 2.05) is 6.20 Å². The van der Waals surface area contributed by atoms with Gasteiger partial charge in [0.2, 0.25) is 5.91 Å². The van der Waals surface area contributed by atoms with Crippen molar-refractivity contribution >= 4 is 16.8 Å². The number of aromatic amines is 1. The van der Waals surface area contributed by atoms with Crippen molar-refractivity contribution in [3.05, 3.63) is 35.5 Å². The summed E-state index contributed by atoms with van der Waals surface area (Å²) in [5.41, 5.74) is 3.45. The Hall–Kier alpha value is -1.77. The van der Waals surface area contributed by atoms with Gasteiger partial charge in [-0.05, 0) is 49.3 Å². The lowest BCUT2D eigenvalue weighted by Crippen LogP contribution is -2.38. The van der Waals surface area contributed by atoms with Crippen LogP contribution in [0.15, 0.2) is 24.4 Å². The Balaban J connectivity index is 1.62. The molecule has 2 N–H and O–H groups in total. The number of H-pyrrole nitrogens is 1. The number of aromatic nitrogens is 1. The Morgan fingerprint density at radius 1 is 1.35 bits per heavy atom. The monoisotopic (exact) mass is 312 g/mol. The summed E-state index contributed by atoms with van der Waals surface area (Å²) in [4.78, 5) is 15.8. The second kappa shape index (κ2) is 7.20. The highest BCUT2D eigenvalue weighted by atomic mass is 16.1. The zero-order chi connectivity index (χ0) is 16.2. The zero-order valence-electron chi connectivity index (χ0n) is 14.3. The number of rotatable bonds is 6. The lowest BCUT2D eigenvalue weighted by atomic mass is 9.96. The summed E-state index contributed by atoms with van der Waals surface area (Å²) in [6, 6.07) is 6.74. The van der Waals surface area contributed by atoms with Gasteiger partial charge in [-0.15, -0.1) is 0 Å². The molecular formula is C20H28N2O. The molecule has 3 heteroatoms. The van der Waals surface area contributed by atoms with E-state index in [1.165, 1.54) is 43.1 Å². The van der Waals surface area contributed by atoms with Crippen molar-refractivity contribution < 1.29 is 4.79 Å². The molecule has 1 aromatic carbocycles. The van der Waals surface area contributed by atoms with Gasteiger partial charge in [-0.2, -0.15) is 0 Å². The highest BCUT2D eigenvalue weighted by Gasteiger charge is 2.27. The minimum Gasteiger partial charge on any atom is -0.361 e. The highest BCUT2D eigenvalue weighted by Crippen LogP contribution is 2.30. The SMILES string of the molecule is CCCCC1CCCC1NC(=O)Cc1c[nH]c2cc(C)ccc12. The topological polar surface area (TPSA) is 44.9 Å². The average molecular weight is 312 g/mol. The van der Waals surface area contributed by atoms with Crippen LogP contribution in [0, 0.1) is 12.8 Å². The summed E-state index contributed by atoms with van der Waals surface area (Å²) in [6.07, 6.45) is 9.90. The van der Waals surface area contributed by atoms with E-state index in [9.17, 15) is 4.79 Å². The normalized spacial score (nSPS) is 21.0. The number of aryl methyl sites for hydroxylation is 1. The smallest absolute Gasteiger partial charge is 0.224 e. The standard InChI is InChI=1S/C20H28N2O/c1-3-4-6-15-7-5-8-18(15)22-20(23)12-16-13-21-19-11-14(2)9-10-17(16)19/h9-11,13,15,18,21H,3-8,12H2,1-2H3,(H,22,23). The molecule has 2 atom stereocenters. The highest BCUT2D eigenvalue weighted by molar-refractivity contribution is 5.89. The summed E-state index contributed by atoms with van der Waals surface area (Å²) in [6.45, 7) is 4.32. The summed E-state index contributed by atoms with van der Waals surface area (Å²) in [5, 5.41) is 4.47. The van der Waals surface area contributed by atoms with Gasteiger partial charge >= 0.3 is 0 Å². The molecule has 0 spiro atoms. The molecule has 1 fully saturated rings. The van der Waals surface area contributed by atoms with Crippen LogP contribution in [0.4, 0.5) is 0 Å². The molecule has 1 aliphatic rings. The molecule has 1 aliphatic carbocycles. The molecule has 124 valence electrons. The molecule has 0 radical (unpaired) electrons. The molecule has 23 heavy (non-hydrogen) atoms. The minimum atomic E-state index is 0.167. The second-order valence-electron chi connectivity index (χ2n) is 7.05. The van der Waals surface area contributed by atoms with Gasteiger partial charge in [-0.1, -0.05) is 38.3 Å². The fourth-order valence-corrected chi connectivity index (χ4v) is 3.92. The van der Waals surface area contributed by atoms with Crippen molar-refractivity contribution in [3.63, 3.8) is 0 Å². The molecule has 1 amide bonds. The number of benzene rings is 1. The maximum absolute atomic E-state index is 12.5. The van der Waals surface area contributed by atoms with Crippen LogP contribution in [0.25, 0.3) is 10.9 Å². The molecule has 0 bridgehead atoms. The summed E-state index contributed by atoms with van der Waals surface area (Å²) in [7, 11) is 0. The first-order chi connectivity index (χ1) is 11.2. The van der Waals surface area contributed by atoms with E-state index in [2.05, 4.69) is 42.3 Å². The van der Waals surface area contributed by atoms with Crippen molar-refractivity contribution in [1.82, 2.24) is 10.3 Å². The Kier molecular flexibility index (Phi) is 5.04. The third-order valence-corrected chi connectivity index (χ3v) is 5.21. The number of carbonyl (C=O) groups is 1. The van der Waals surface area contributed by atoms with E-state index in [4.69, 9.17) is 0 Å². The largest absolute Gasteiger partial charge is 0.361 e. The van der Waals surface area contributed by atoms with Gasteiger partial charge in [0.25, 0.3) is 0 Å².